The average Bonchev–Trinajstić information content (AvgIpc) is 3.40. The quantitative estimate of drug-likeness (QED) is 0.650. The number of aliphatic hydroxyl groups is 1. The van der Waals surface area contributed by atoms with E-state index in [1.54, 1.807) is 6.20 Å². The van der Waals surface area contributed by atoms with E-state index in [-0.39, 0.29) is 16.7 Å². The Kier molecular flexibility index (Phi) is 5.65. The molecule has 8 unspecified atom stereocenters. The van der Waals surface area contributed by atoms with Gasteiger partial charge in [-0.2, -0.15) is 5.10 Å². The summed E-state index contributed by atoms with van der Waals surface area (Å²) in [5, 5.41) is 16.4. The van der Waals surface area contributed by atoms with Crippen LogP contribution in [-0.2, 0) is 16.1 Å². The number of carbonyl (C=O) groups is 1. The fourth-order valence-corrected chi connectivity index (χ4v) is 9.61. The van der Waals surface area contributed by atoms with Crippen LogP contribution in [0, 0.1) is 40.4 Å². The Balaban J connectivity index is 1.24. The summed E-state index contributed by atoms with van der Waals surface area (Å²) in [6.45, 7) is 5.62. The minimum Gasteiger partial charge on any atom is -0.390 e. The third-order valence-electron chi connectivity index (χ3n) is 11.2. The third-order valence-corrected chi connectivity index (χ3v) is 11.2. The molecular weight excluding hydrogens is 438 g/mol. The van der Waals surface area contributed by atoms with Gasteiger partial charge in [-0.25, -0.2) is 0 Å². The SMILES string of the molecule is COCC12CCC(C)(O)CC1CCC1C3CCC(C(=O)Cn4ncc5ccncc54)C3(C)CCC12. The molecule has 0 saturated heterocycles. The second kappa shape index (κ2) is 8.37. The van der Waals surface area contributed by atoms with Gasteiger partial charge < -0.3 is 9.84 Å². The maximum Gasteiger partial charge on any atom is 0.157 e. The minimum atomic E-state index is -0.533. The molecule has 35 heavy (non-hydrogen) atoms. The molecule has 8 atom stereocenters. The fourth-order valence-electron chi connectivity index (χ4n) is 9.61. The molecule has 0 radical (unpaired) electrons. The zero-order valence-electron chi connectivity index (χ0n) is 21.6. The number of aromatic nitrogens is 3. The number of carbonyl (C=O) groups excluding carboxylic acids is 1. The molecule has 2 aromatic rings. The normalized spacial score (nSPS) is 42.9. The van der Waals surface area contributed by atoms with Crippen LogP contribution in [0.3, 0.4) is 0 Å². The van der Waals surface area contributed by atoms with Crippen molar-refractivity contribution in [3.8, 4) is 0 Å². The summed E-state index contributed by atoms with van der Waals surface area (Å²) in [6, 6.07) is 1.95. The van der Waals surface area contributed by atoms with Gasteiger partial charge in [-0.05, 0) is 105 Å². The van der Waals surface area contributed by atoms with Crippen LogP contribution in [0.1, 0.15) is 71.6 Å². The Hall–Kier alpha value is -1.79. The van der Waals surface area contributed by atoms with Crippen LogP contribution in [0.25, 0.3) is 10.9 Å². The van der Waals surface area contributed by atoms with Crippen LogP contribution < -0.4 is 0 Å². The number of Topliss-reactive ketones (excluding diaryl/α,β-unsaturated/α-hetero) is 1. The lowest BCUT2D eigenvalue weighted by atomic mass is 9.43. The Morgan fingerprint density at radius 1 is 1.11 bits per heavy atom. The van der Waals surface area contributed by atoms with E-state index in [1.165, 1.54) is 25.7 Å². The molecule has 0 aromatic carbocycles. The lowest BCUT2D eigenvalue weighted by molar-refractivity contribution is -0.175. The molecule has 2 aromatic heterocycles. The Morgan fingerprint density at radius 3 is 2.80 bits per heavy atom. The maximum absolute atomic E-state index is 13.7. The van der Waals surface area contributed by atoms with Crippen molar-refractivity contribution in [1.29, 1.82) is 0 Å². The van der Waals surface area contributed by atoms with E-state index >= 15 is 0 Å². The molecule has 4 aliphatic rings. The van der Waals surface area contributed by atoms with Crippen molar-refractivity contribution in [2.75, 3.05) is 13.7 Å². The summed E-state index contributed by atoms with van der Waals surface area (Å²) in [5.74, 6) is 2.96. The van der Waals surface area contributed by atoms with E-state index < -0.39 is 5.60 Å². The highest BCUT2D eigenvalue weighted by molar-refractivity contribution is 5.84. The molecule has 0 spiro atoms. The molecule has 0 bridgehead atoms. The van der Waals surface area contributed by atoms with E-state index in [4.69, 9.17) is 4.74 Å². The summed E-state index contributed by atoms with van der Waals surface area (Å²) >= 11 is 0. The zero-order chi connectivity index (χ0) is 24.4. The summed E-state index contributed by atoms with van der Waals surface area (Å²) in [6.07, 6.45) is 15.2. The molecule has 4 aliphatic carbocycles. The van der Waals surface area contributed by atoms with Crippen molar-refractivity contribution in [2.24, 2.45) is 40.4 Å². The molecule has 4 saturated carbocycles. The Morgan fingerprint density at radius 2 is 1.97 bits per heavy atom. The molecule has 2 heterocycles. The maximum atomic E-state index is 13.7. The predicted molar refractivity (Wildman–Crippen MR) is 135 cm³/mol. The highest BCUT2D eigenvalue weighted by Gasteiger charge is 2.63. The van der Waals surface area contributed by atoms with Gasteiger partial charge in [0.1, 0.15) is 6.54 Å². The number of rotatable bonds is 5. The first-order chi connectivity index (χ1) is 16.8. The molecular formula is C29H41N3O3. The summed E-state index contributed by atoms with van der Waals surface area (Å²) in [5.41, 5.74) is 0.692. The number of nitrogens with zero attached hydrogens (tertiary/aromatic N) is 3. The monoisotopic (exact) mass is 479 g/mol. The van der Waals surface area contributed by atoms with Crippen molar-refractivity contribution < 1.29 is 14.6 Å². The van der Waals surface area contributed by atoms with Gasteiger partial charge in [0.25, 0.3) is 0 Å². The topological polar surface area (TPSA) is 77.2 Å². The Labute approximate surface area is 208 Å². The fraction of sp³-hybridized carbons (Fsp3) is 0.759. The number of hydrogen-bond donors (Lipinski definition) is 1. The van der Waals surface area contributed by atoms with Gasteiger partial charge in [0.15, 0.2) is 5.78 Å². The smallest absolute Gasteiger partial charge is 0.157 e. The van der Waals surface area contributed by atoms with Crippen LogP contribution in [0.4, 0.5) is 0 Å². The standard InChI is InChI=1S/C29H41N3O3/c1-27(34)11-12-29(18-35-3)20(14-27)4-5-21-22-6-7-24(28(22,2)10-8-23(21)29)26(33)17-32-25-16-30-13-9-19(25)15-31-32/h9,13,15-16,20-24,34H,4-8,10-12,14,17-18H2,1-3H3. The van der Waals surface area contributed by atoms with Crippen LogP contribution in [0.5, 0.6) is 0 Å². The molecule has 0 aliphatic heterocycles. The lowest BCUT2D eigenvalue weighted by Crippen LogP contribution is -2.58. The van der Waals surface area contributed by atoms with E-state index in [0.717, 1.165) is 49.6 Å². The summed E-state index contributed by atoms with van der Waals surface area (Å²) < 4.78 is 7.74. The van der Waals surface area contributed by atoms with Crippen molar-refractivity contribution >= 4 is 16.7 Å². The first-order valence-corrected chi connectivity index (χ1v) is 13.8. The molecule has 190 valence electrons. The van der Waals surface area contributed by atoms with E-state index in [9.17, 15) is 9.90 Å². The Bertz CT molecular complexity index is 1110. The minimum absolute atomic E-state index is 0.0840. The van der Waals surface area contributed by atoms with Crippen molar-refractivity contribution in [2.45, 2.75) is 83.8 Å². The van der Waals surface area contributed by atoms with E-state index in [1.807, 2.05) is 37.2 Å². The summed E-state index contributed by atoms with van der Waals surface area (Å²) in [4.78, 5) is 18.0. The van der Waals surface area contributed by atoms with Gasteiger partial charge in [-0.15, -0.1) is 0 Å². The molecule has 4 fully saturated rings. The summed E-state index contributed by atoms with van der Waals surface area (Å²) in [7, 11) is 1.86. The van der Waals surface area contributed by atoms with Crippen molar-refractivity contribution in [3.05, 3.63) is 24.7 Å². The van der Waals surface area contributed by atoms with Gasteiger partial charge in [-0.3, -0.25) is 14.5 Å². The van der Waals surface area contributed by atoms with Gasteiger partial charge in [-0.1, -0.05) is 6.92 Å². The number of ether oxygens (including phenoxy) is 1. The number of hydrogen-bond acceptors (Lipinski definition) is 5. The highest BCUT2D eigenvalue weighted by Crippen LogP contribution is 2.68. The second-order valence-corrected chi connectivity index (χ2v) is 12.9. The van der Waals surface area contributed by atoms with Gasteiger partial charge >= 0.3 is 0 Å². The largest absolute Gasteiger partial charge is 0.390 e. The van der Waals surface area contributed by atoms with Crippen LogP contribution >= 0.6 is 0 Å². The first-order valence-electron chi connectivity index (χ1n) is 13.8. The number of fused-ring (bicyclic) bond motifs is 6. The van der Waals surface area contributed by atoms with Crippen LogP contribution in [0.15, 0.2) is 24.7 Å². The number of ketones is 1. The molecule has 6 heteroatoms. The number of pyridine rings is 1. The lowest BCUT2D eigenvalue weighted by Gasteiger charge is -2.62. The molecule has 6 nitrogen and oxygen atoms in total. The first kappa shape index (κ1) is 23.6. The number of methoxy groups -OCH3 is 1. The highest BCUT2D eigenvalue weighted by atomic mass is 16.5. The van der Waals surface area contributed by atoms with Crippen LogP contribution in [-0.4, -0.2) is 45.0 Å². The van der Waals surface area contributed by atoms with E-state index in [0.29, 0.717) is 36.0 Å². The molecule has 6 rings (SSSR count). The van der Waals surface area contributed by atoms with Crippen LogP contribution in [0.2, 0.25) is 0 Å². The van der Waals surface area contributed by atoms with Gasteiger partial charge in [0.2, 0.25) is 0 Å². The van der Waals surface area contributed by atoms with Gasteiger partial charge in [0.05, 0.1) is 30.1 Å². The molecule has 1 N–H and O–H groups in total. The van der Waals surface area contributed by atoms with Gasteiger partial charge in [0, 0.05) is 24.6 Å². The average molecular weight is 480 g/mol. The third kappa shape index (κ3) is 3.61. The van der Waals surface area contributed by atoms with E-state index in [2.05, 4.69) is 17.0 Å². The van der Waals surface area contributed by atoms with Crippen molar-refractivity contribution in [3.63, 3.8) is 0 Å². The van der Waals surface area contributed by atoms with Crippen molar-refractivity contribution in [1.82, 2.24) is 14.8 Å². The zero-order valence-corrected chi connectivity index (χ0v) is 21.6. The second-order valence-electron chi connectivity index (χ2n) is 12.9. The predicted octanol–water partition coefficient (Wildman–Crippen LogP) is 5.04. The molecule has 0 amide bonds.